The molecule has 30 heavy (non-hydrogen) atoms. The Hall–Kier alpha value is -1.57. The van der Waals surface area contributed by atoms with E-state index in [1.165, 1.54) is 12.8 Å². The van der Waals surface area contributed by atoms with Gasteiger partial charge in [-0.15, -0.1) is 0 Å². The lowest BCUT2D eigenvalue weighted by atomic mass is 10.0. The highest BCUT2D eigenvalue weighted by Gasteiger charge is 2.18. The second-order valence-corrected chi connectivity index (χ2v) is 8.85. The van der Waals surface area contributed by atoms with Crippen molar-refractivity contribution in [3.63, 3.8) is 0 Å². The number of piperazine rings is 1. The molecule has 0 saturated carbocycles. The quantitative estimate of drug-likeness (QED) is 0.266. The predicted molar refractivity (Wildman–Crippen MR) is 126 cm³/mol. The number of thiocarbonyl (C=S) groups is 1. The standard InChI is InChI=1S/C23H37N3O3S/c1-4-6-7-19(5-2)18-29-23(30)11-10-21-9-8-20(16-22(21)26(27)28)17-25-14-12-24(3)13-15-25/h8-9,16,19H,4-7,10-15,17-18H2,1-3H3. The zero-order chi connectivity index (χ0) is 21.9. The summed E-state index contributed by atoms with van der Waals surface area (Å²) in [5, 5.41) is 12.2. The number of benzene rings is 1. The van der Waals surface area contributed by atoms with Crippen LogP contribution in [0.25, 0.3) is 0 Å². The van der Waals surface area contributed by atoms with E-state index in [2.05, 4.69) is 30.7 Å². The van der Waals surface area contributed by atoms with Gasteiger partial charge in [0.2, 0.25) is 0 Å². The summed E-state index contributed by atoms with van der Waals surface area (Å²) in [5.41, 5.74) is 1.92. The van der Waals surface area contributed by atoms with Crippen LogP contribution in [-0.4, -0.2) is 59.6 Å². The molecule has 0 amide bonds. The first-order valence-corrected chi connectivity index (χ1v) is 11.7. The number of likely N-dealkylation sites (N-methyl/N-ethyl adjacent to an activating group) is 1. The van der Waals surface area contributed by atoms with Gasteiger partial charge in [-0.05, 0) is 43.6 Å². The third-order valence-corrected chi connectivity index (χ3v) is 6.29. The van der Waals surface area contributed by atoms with Gasteiger partial charge in [-0.3, -0.25) is 15.0 Å². The molecule has 1 heterocycles. The van der Waals surface area contributed by atoms with Gasteiger partial charge in [-0.1, -0.05) is 45.2 Å². The molecule has 0 bridgehead atoms. The maximum Gasteiger partial charge on any atom is 0.272 e. The first-order chi connectivity index (χ1) is 14.4. The number of nitro benzene ring substituents is 1. The number of nitrogens with zero attached hydrogens (tertiary/aromatic N) is 3. The molecular weight excluding hydrogens is 398 g/mol. The van der Waals surface area contributed by atoms with E-state index in [-0.39, 0.29) is 10.6 Å². The fourth-order valence-electron chi connectivity index (χ4n) is 3.77. The summed E-state index contributed by atoms with van der Waals surface area (Å²) in [5.74, 6) is 0.533. The van der Waals surface area contributed by atoms with E-state index < -0.39 is 0 Å². The Morgan fingerprint density at radius 1 is 1.27 bits per heavy atom. The molecular formula is C23H37N3O3S. The third-order valence-electron chi connectivity index (χ3n) is 5.97. The molecule has 1 saturated heterocycles. The Bertz CT molecular complexity index is 690. The van der Waals surface area contributed by atoms with Crippen LogP contribution in [0.2, 0.25) is 0 Å². The highest BCUT2D eigenvalue weighted by molar-refractivity contribution is 7.80. The molecule has 6 nitrogen and oxygen atoms in total. The SMILES string of the molecule is CCCCC(CC)COC(=S)CCc1ccc(CN2CCN(C)CC2)cc1[N+](=O)[O-]. The monoisotopic (exact) mass is 435 g/mol. The minimum atomic E-state index is -0.273. The van der Waals surface area contributed by atoms with Crippen LogP contribution in [0.15, 0.2) is 18.2 Å². The summed E-state index contributed by atoms with van der Waals surface area (Å²) in [4.78, 5) is 16.0. The zero-order valence-electron chi connectivity index (χ0n) is 18.8. The average Bonchev–Trinajstić information content (AvgIpc) is 2.74. The van der Waals surface area contributed by atoms with Gasteiger partial charge in [0.25, 0.3) is 5.69 Å². The second-order valence-electron chi connectivity index (χ2n) is 8.40. The first-order valence-electron chi connectivity index (χ1n) is 11.3. The van der Waals surface area contributed by atoms with Crippen molar-refractivity contribution >= 4 is 23.0 Å². The van der Waals surface area contributed by atoms with Gasteiger partial charge < -0.3 is 9.64 Å². The molecule has 168 valence electrons. The van der Waals surface area contributed by atoms with Crippen LogP contribution < -0.4 is 0 Å². The molecule has 0 aliphatic carbocycles. The molecule has 1 aromatic carbocycles. The summed E-state index contributed by atoms with van der Waals surface area (Å²) in [7, 11) is 2.12. The van der Waals surface area contributed by atoms with Gasteiger partial charge in [0, 0.05) is 50.8 Å². The minimum absolute atomic E-state index is 0.193. The topological polar surface area (TPSA) is 58.8 Å². The van der Waals surface area contributed by atoms with Crippen molar-refractivity contribution in [3.05, 3.63) is 39.4 Å². The minimum Gasteiger partial charge on any atom is -0.487 e. The van der Waals surface area contributed by atoms with Crippen LogP contribution in [0.3, 0.4) is 0 Å². The van der Waals surface area contributed by atoms with Gasteiger partial charge in [0.05, 0.1) is 11.5 Å². The molecule has 0 N–H and O–H groups in total. The Labute approximate surface area is 186 Å². The molecule has 2 rings (SSSR count). The molecule has 0 radical (unpaired) electrons. The summed E-state index contributed by atoms with van der Waals surface area (Å²) < 4.78 is 5.80. The third kappa shape index (κ3) is 8.28. The lowest BCUT2D eigenvalue weighted by molar-refractivity contribution is -0.385. The molecule has 1 fully saturated rings. The zero-order valence-corrected chi connectivity index (χ0v) is 19.6. The second kappa shape index (κ2) is 13.0. The van der Waals surface area contributed by atoms with Crippen molar-refractivity contribution in [1.29, 1.82) is 0 Å². The van der Waals surface area contributed by atoms with Crippen LogP contribution in [0, 0.1) is 16.0 Å². The smallest absolute Gasteiger partial charge is 0.272 e. The van der Waals surface area contributed by atoms with Crippen molar-refractivity contribution in [2.24, 2.45) is 5.92 Å². The van der Waals surface area contributed by atoms with E-state index >= 15 is 0 Å². The van der Waals surface area contributed by atoms with Gasteiger partial charge in [0.15, 0.2) is 5.05 Å². The summed E-state index contributed by atoms with van der Waals surface area (Å²) in [6.07, 6.45) is 5.73. The van der Waals surface area contributed by atoms with Gasteiger partial charge in [-0.2, -0.15) is 0 Å². The number of rotatable bonds is 12. The first kappa shape index (κ1) is 24.7. The van der Waals surface area contributed by atoms with E-state index in [0.29, 0.717) is 30.4 Å². The molecule has 1 aliphatic rings. The van der Waals surface area contributed by atoms with E-state index in [9.17, 15) is 10.1 Å². The predicted octanol–water partition coefficient (Wildman–Crippen LogP) is 4.84. The molecule has 1 unspecified atom stereocenters. The number of hydrogen-bond acceptors (Lipinski definition) is 6. The summed E-state index contributed by atoms with van der Waals surface area (Å²) in [6.45, 7) is 9.85. The van der Waals surface area contributed by atoms with Crippen molar-refractivity contribution < 1.29 is 9.66 Å². The van der Waals surface area contributed by atoms with Crippen molar-refractivity contribution in [3.8, 4) is 0 Å². The number of ether oxygens (including phenoxy) is 1. The summed E-state index contributed by atoms with van der Waals surface area (Å²) in [6, 6.07) is 5.64. The Morgan fingerprint density at radius 3 is 2.63 bits per heavy atom. The van der Waals surface area contributed by atoms with Crippen LogP contribution in [0.5, 0.6) is 0 Å². The van der Waals surface area contributed by atoms with Crippen LogP contribution in [0.1, 0.15) is 57.1 Å². The summed E-state index contributed by atoms with van der Waals surface area (Å²) >= 11 is 5.38. The maximum absolute atomic E-state index is 11.6. The van der Waals surface area contributed by atoms with Gasteiger partial charge in [0.1, 0.15) is 0 Å². The van der Waals surface area contributed by atoms with Crippen molar-refractivity contribution in [1.82, 2.24) is 9.80 Å². The molecule has 0 spiro atoms. The Balaban J connectivity index is 1.88. The van der Waals surface area contributed by atoms with E-state index in [4.69, 9.17) is 17.0 Å². The Morgan fingerprint density at radius 2 is 2.00 bits per heavy atom. The lowest BCUT2D eigenvalue weighted by Crippen LogP contribution is -2.43. The molecule has 1 atom stereocenters. The van der Waals surface area contributed by atoms with E-state index in [1.54, 1.807) is 6.07 Å². The van der Waals surface area contributed by atoms with Crippen molar-refractivity contribution in [2.45, 2.75) is 58.9 Å². The highest BCUT2D eigenvalue weighted by atomic mass is 32.1. The fourth-order valence-corrected chi connectivity index (χ4v) is 3.94. The highest BCUT2D eigenvalue weighted by Crippen LogP contribution is 2.23. The number of unbranched alkanes of at least 4 members (excludes halogenated alkanes) is 1. The molecule has 1 aromatic rings. The number of aryl methyl sites for hydroxylation is 1. The van der Waals surface area contributed by atoms with Gasteiger partial charge in [-0.25, -0.2) is 0 Å². The fraction of sp³-hybridized carbons (Fsp3) is 0.696. The van der Waals surface area contributed by atoms with Crippen LogP contribution in [-0.2, 0) is 17.7 Å². The normalized spacial score (nSPS) is 16.4. The van der Waals surface area contributed by atoms with E-state index in [1.807, 2.05) is 12.1 Å². The Kier molecular flexibility index (Phi) is 10.7. The molecule has 7 heteroatoms. The van der Waals surface area contributed by atoms with Gasteiger partial charge >= 0.3 is 0 Å². The van der Waals surface area contributed by atoms with Crippen molar-refractivity contribution in [2.75, 3.05) is 39.8 Å². The van der Waals surface area contributed by atoms with E-state index in [0.717, 1.165) is 56.7 Å². The van der Waals surface area contributed by atoms with Crippen LogP contribution >= 0.6 is 12.2 Å². The average molecular weight is 436 g/mol. The maximum atomic E-state index is 11.6. The number of nitro groups is 1. The molecule has 1 aliphatic heterocycles. The number of hydrogen-bond donors (Lipinski definition) is 0. The van der Waals surface area contributed by atoms with Crippen LogP contribution in [0.4, 0.5) is 5.69 Å². The largest absolute Gasteiger partial charge is 0.487 e. The lowest BCUT2D eigenvalue weighted by Gasteiger charge is -2.32. The molecule has 0 aromatic heterocycles.